The molecule has 1 aliphatic carbocycles. The molecule has 8 heteroatoms. The van der Waals surface area contributed by atoms with E-state index < -0.39 is 0 Å². The zero-order valence-corrected chi connectivity index (χ0v) is 19.7. The fourth-order valence-corrected chi connectivity index (χ4v) is 3.99. The van der Waals surface area contributed by atoms with Crippen LogP contribution in [0.5, 0.6) is 5.75 Å². The Labute approximate surface area is 190 Å². The van der Waals surface area contributed by atoms with E-state index in [1.54, 1.807) is 37.3 Å². The first-order valence-corrected chi connectivity index (χ1v) is 11.4. The van der Waals surface area contributed by atoms with Crippen LogP contribution in [0.25, 0.3) is 0 Å². The quantitative estimate of drug-likeness (QED) is 0.770. The van der Waals surface area contributed by atoms with E-state index >= 15 is 0 Å². The molecule has 1 saturated carbocycles. The van der Waals surface area contributed by atoms with Crippen LogP contribution in [0.2, 0.25) is 0 Å². The molecule has 2 aliphatic rings. The minimum atomic E-state index is -0.218. The fourth-order valence-electron chi connectivity index (χ4n) is 3.99. The first kappa shape index (κ1) is 24.0. The van der Waals surface area contributed by atoms with Crippen LogP contribution in [0.3, 0.4) is 0 Å². The van der Waals surface area contributed by atoms with Gasteiger partial charge in [0.15, 0.2) is 0 Å². The van der Waals surface area contributed by atoms with Crippen LogP contribution in [0.4, 0.5) is 5.69 Å². The highest BCUT2D eigenvalue weighted by Gasteiger charge is 2.31. The molecule has 0 aromatic heterocycles. The molecule has 1 aromatic rings. The summed E-state index contributed by atoms with van der Waals surface area (Å²) in [5.74, 6) is 0.373. The lowest BCUT2D eigenvalue weighted by Gasteiger charge is -2.36. The van der Waals surface area contributed by atoms with Gasteiger partial charge in [0.1, 0.15) is 12.4 Å². The molecule has 1 aromatic carbocycles. The monoisotopic (exact) mass is 445 g/mol. The average molecular weight is 446 g/mol. The number of nitrogens with one attached hydrogen (secondary N) is 1. The molecule has 0 saturated heterocycles. The topological polar surface area (TPSA) is 88.2 Å². The van der Waals surface area contributed by atoms with E-state index in [9.17, 15) is 14.4 Å². The third kappa shape index (κ3) is 5.59. The SMILES string of the molecule is CCC(=O)N1C[C@@H](C)[C@@H](OC)CN(C)C(=O)c2ccc(NC(=O)C3CC3)cc2OC[C@@H]1C. The number of benzene rings is 1. The fraction of sp³-hybridized carbons (Fsp3) is 0.625. The number of hydrogen-bond acceptors (Lipinski definition) is 5. The average Bonchev–Trinajstić information content (AvgIpc) is 3.63. The number of ether oxygens (including phenoxy) is 2. The highest BCUT2D eigenvalue weighted by atomic mass is 16.5. The zero-order chi connectivity index (χ0) is 23.4. The summed E-state index contributed by atoms with van der Waals surface area (Å²) in [5.41, 5.74) is 1.02. The molecule has 8 nitrogen and oxygen atoms in total. The molecule has 3 rings (SSSR count). The number of carbonyl (C=O) groups excluding carboxylic acids is 3. The van der Waals surface area contributed by atoms with E-state index in [1.165, 1.54) is 0 Å². The second-order valence-electron chi connectivity index (χ2n) is 8.97. The van der Waals surface area contributed by atoms with Gasteiger partial charge in [-0.25, -0.2) is 0 Å². The third-order valence-electron chi connectivity index (χ3n) is 6.29. The summed E-state index contributed by atoms with van der Waals surface area (Å²) in [7, 11) is 3.36. The van der Waals surface area contributed by atoms with Crippen LogP contribution < -0.4 is 10.1 Å². The molecule has 32 heavy (non-hydrogen) atoms. The lowest BCUT2D eigenvalue weighted by atomic mass is 10.0. The summed E-state index contributed by atoms with van der Waals surface area (Å²) in [6.07, 6.45) is 2.01. The van der Waals surface area contributed by atoms with Gasteiger partial charge < -0.3 is 24.6 Å². The van der Waals surface area contributed by atoms with Crippen molar-refractivity contribution in [3.8, 4) is 5.75 Å². The van der Waals surface area contributed by atoms with Gasteiger partial charge in [0.2, 0.25) is 11.8 Å². The molecule has 3 amide bonds. The highest BCUT2D eigenvalue weighted by Crippen LogP contribution is 2.32. The molecular formula is C24H35N3O5. The van der Waals surface area contributed by atoms with Crippen molar-refractivity contribution in [1.82, 2.24) is 9.80 Å². The molecule has 1 fully saturated rings. The Kier molecular flexibility index (Phi) is 7.77. The summed E-state index contributed by atoms with van der Waals surface area (Å²) < 4.78 is 11.8. The number of anilines is 1. The lowest BCUT2D eigenvalue weighted by molar-refractivity contribution is -0.135. The van der Waals surface area contributed by atoms with Gasteiger partial charge >= 0.3 is 0 Å². The number of hydrogen-bond donors (Lipinski definition) is 1. The van der Waals surface area contributed by atoms with Crippen molar-refractivity contribution in [2.45, 2.75) is 52.2 Å². The predicted molar refractivity (Wildman–Crippen MR) is 122 cm³/mol. The summed E-state index contributed by atoms with van der Waals surface area (Å²) in [5, 5.41) is 2.91. The molecule has 1 N–H and O–H groups in total. The van der Waals surface area contributed by atoms with Gasteiger partial charge in [-0.3, -0.25) is 14.4 Å². The van der Waals surface area contributed by atoms with E-state index in [4.69, 9.17) is 9.47 Å². The summed E-state index contributed by atoms with van der Waals surface area (Å²) in [4.78, 5) is 41.5. The molecule has 0 bridgehead atoms. The van der Waals surface area contributed by atoms with Crippen LogP contribution >= 0.6 is 0 Å². The highest BCUT2D eigenvalue weighted by molar-refractivity contribution is 5.99. The van der Waals surface area contributed by atoms with E-state index in [1.807, 2.05) is 25.7 Å². The van der Waals surface area contributed by atoms with Crippen LogP contribution in [0.1, 0.15) is 50.4 Å². The largest absolute Gasteiger partial charge is 0.491 e. The maximum Gasteiger partial charge on any atom is 0.257 e. The van der Waals surface area contributed by atoms with E-state index in [2.05, 4.69) is 5.32 Å². The number of rotatable bonds is 4. The van der Waals surface area contributed by atoms with Crippen molar-refractivity contribution in [2.75, 3.05) is 39.2 Å². The van der Waals surface area contributed by atoms with Gasteiger partial charge in [-0.1, -0.05) is 13.8 Å². The standard InChI is InChI=1S/C24H35N3O5/c1-6-22(28)27-12-15(2)21(31-5)13-26(4)24(30)19-10-9-18(25-23(29)17-7-8-17)11-20(19)32-14-16(27)3/h9-11,15-17,21H,6-8,12-14H2,1-5H3,(H,25,29)/t15-,16+,21+/m1/s1. The van der Waals surface area contributed by atoms with Crippen molar-refractivity contribution in [3.63, 3.8) is 0 Å². The van der Waals surface area contributed by atoms with Gasteiger partial charge in [0, 0.05) is 57.3 Å². The van der Waals surface area contributed by atoms with Crippen molar-refractivity contribution in [1.29, 1.82) is 0 Å². The van der Waals surface area contributed by atoms with Gasteiger partial charge in [-0.05, 0) is 31.9 Å². The van der Waals surface area contributed by atoms with Crippen LogP contribution in [0, 0.1) is 11.8 Å². The van der Waals surface area contributed by atoms with Gasteiger partial charge in [-0.15, -0.1) is 0 Å². The smallest absolute Gasteiger partial charge is 0.257 e. The van der Waals surface area contributed by atoms with Crippen LogP contribution in [-0.4, -0.2) is 73.5 Å². The molecule has 1 heterocycles. The Balaban J connectivity index is 1.93. The first-order chi connectivity index (χ1) is 15.2. The molecule has 1 aliphatic heterocycles. The summed E-state index contributed by atoms with van der Waals surface area (Å²) in [6.45, 7) is 6.96. The maximum absolute atomic E-state index is 13.2. The van der Waals surface area contributed by atoms with Crippen molar-refractivity contribution < 1.29 is 23.9 Å². The maximum atomic E-state index is 13.2. The van der Waals surface area contributed by atoms with E-state index in [0.717, 1.165) is 12.8 Å². The number of likely N-dealkylation sites (N-methyl/N-ethyl adjacent to an activating group) is 1. The number of nitrogens with zero attached hydrogens (tertiary/aromatic N) is 2. The van der Waals surface area contributed by atoms with Gasteiger partial charge in [-0.2, -0.15) is 0 Å². The zero-order valence-electron chi connectivity index (χ0n) is 19.7. The summed E-state index contributed by atoms with van der Waals surface area (Å²) in [6, 6.07) is 4.93. The van der Waals surface area contributed by atoms with E-state index in [-0.39, 0.29) is 48.3 Å². The number of methoxy groups -OCH3 is 1. The molecule has 0 radical (unpaired) electrons. The Hall–Kier alpha value is -2.61. The second-order valence-corrected chi connectivity index (χ2v) is 8.97. The Morgan fingerprint density at radius 2 is 1.94 bits per heavy atom. The predicted octanol–water partition coefficient (Wildman–Crippen LogP) is 2.78. The minimum absolute atomic E-state index is 0.00782. The van der Waals surface area contributed by atoms with Gasteiger partial charge in [0.05, 0.1) is 17.7 Å². The second kappa shape index (κ2) is 10.3. The number of fused-ring (bicyclic) bond motifs is 1. The Morgan fingerprint density at radius 1 is 1.22 bits per heavy atom. The molecule has 3 atom stereocenters. The lowest BCUT2D eigenvalue weighted by Crippen LogP contribution is -2.48. The summed E-state index contributed by atoms with van der Waals surface area (Å²) >= 11 is 0. The minimum Gasteiger partial charge on any atom is -0.491 e. The van der Waals surface area contributed by atoms with E-state index in [0.29, 0.717) is 36.5 Å². The molecule has 176 valence electrons. The van der Waals surface area contributed by atoms with Crippen molar-refractivity contribution >= 4 is 23.4 Å². The molecule has 0 unspecified atom stereocenters. The third-order valence-corrected chi connectivity index (χ3v) is 6.29. The normalized spacial score (nSPS) is 24.7. The Morgan fingerprint density at radius 3 is 2.56 bits per heavy atom. The Bertz CT molecular complexity index is 854. The van der Waals surface area contributed by atoms with Crippen LogP contribution in [0.15, 0.2) is 18.2 Å². The first-order valence-electron chi connectivity index (χ1n) is 11.4. The number of amides is 3. The molecule has 0 spiro atoms. The van der Waals surface area contributed by atoms with Crippen molar-refractivity contribution in [3.05, 3.63) is 23.8 Å². The molecular weight excluding hydrogens is 410 g/mol. The van der Waals surface area contributed by atoms with Gasteiger partial charge in [0.25, 0.3) is 5.91 Å². The number of carbonyl (C=O) groups is 3. The van der Waals surface area contributed by atoms with Crippen LogP contribution in [-0.2, 0) is 14.3 Å². The van der Waals surface area contributed by atoms with Crippen molar-refractivity contribution in [2.24, 2.45) is 11.8 Å².